The van der Waals surface area contributed by atoms with Gasteiger partial charge in [0.25, 0.3) is 0 Å². The molecule has 0 spiro atoms. The van der Waals surface area contributed by atoms with E-state index in [0.29, 0.717) is 15.7 Å². The average Bonchev–Trinajstić information content (AvgIpc) is 2.32. The van der Waals surface area contributed by atoms with Gasteiger partial charge >= 0.3 is 0 Å². The van der Waals surface area contributed by atoms with Gasteiger partial charge in [0, 0.05) is 21.1 Å². The maximum absolute atomic E-state index is 13.5. The Hall–Kier alpha value is -0.940. The molecule has 5 heteroatoms. The summed E-state index contributed by atoms with van der Waals surface area (Å²) in [6, 6.07) is 9.36. The molecule has 0 unspecified atom stereocenters. The number of halogens is 4. The Bertz CT molecular complexity index is 573. The van der Waals surface area contributed by atoms with Crippen LogP contribution in [0.15, 0.2) is 45.3 Å². The van der Waals surface area contributed by atoms with E-state index < -0.39 is 0 Å². The molecule has 0 bridgehead atoms. The molecule has 94 valence electrons. The molecule has 0 saturated carbocycles. The lowest BCUT2D eigenvalue weighted by molar-refractivity contribution is 0.610. The third-order valence-corrected chi connectivity index (χ3v) is 3.39. The highest BCUT2D eigenvalue weighted by Gasteiger charge is 2.05. The molecule has 2 aromatic rings. The zero-order chi connectivity index (χ0) is 13.1. The van der Waals surface area contributed by atoms with Crippen molar-refractivity contribution >= 4 is 37.5 Å². The van der Waals surface area contributed by atoms with Crippen molar-refractivity contribution in [3.8, 4) is 0 Å². The first kappa shape index (κ1) is 13.5. The number of anilines is 1. The monoisotopic (exact) mass is 375 g/mol. The minimum absolute atomic E-state index is 0.226. The summed E-state index contributed by atoms with van der Waals surface area (Å²) in [7, 11) is 0. The van der Waals surface area contributed by atoms with Gasteiger partial charge in [0.15, 0.2) is 0 Å². The standard InChI is InChI=1S/C13H9Br2F2N/c14-9-1-3-11(16)8(5-9)7-18-13-4-2-10(15)6-12(13)17/h1-6,18H,7H2. The Morgan fingerprint density at radius 3 is 2.28 bits per heavy atom. The van der Waals surface area contributed by atoms with E-state index in [1.165, 1.54) is 12.1 Å². The molecule has 0 aliphatic heterocycles. The smallest absolute Gasteiger partial charge is 0.147 e. The van der Waals surface area contributed by atoms with E-state index in [9.17, 15) is 8.78 Å². The highest BCUT2D eigenvalue weighted by molar-refractivity contribution is 9.10. The van der Waals surface area contributed by atoms with Crippen LogP contribution in [0, 0.1) is 11.6 Å². The van der Waals surface area contributed by atoms with Crippen molar-refractivity contribution in [2.45, 2.75) is 6.54 Å². The van der Waals surface area contributed by atoms with Gasteiger partial charge in [0.2, 0.25) is 0 Å². The maximum atomic E-state index is 13.5. The first-order valence-corrected chi connectivity index (χ1v) is 6.78. The molecule has 18 heavy (non-hydrogen) atoms. The molecule has 0 aromatic heterocycles. The van der Waals surface area contributed by atoms with Gasteiger partial charge < -0.3 is 5.32 Å². The highest BCUT2D eigenvalue weighted by Crippen LogP contribution is 2.21. The summed E-state index contributed by atoms with van der Waals surface area (Å²) >= 11 is 6.45. The fourth-order valence-corrected chi connectivity index (χ4v) is 2.24. The van der Waals surface area contributed by atoms with E-state index in [1.54, 1.807) is 24.3 Å². The van der Waals surface area contributed by atoms with Crippen molar-refractivity contribution in [1.29, 1.82) is 0 Å². The largest absolute Gasteiger partial charge is 0.378 e. The molecular weight excluding hydrogens is 368 g/mol. The second-order valence-electron chi connectivity index (χ2n) is 3.71. The van der Waals surface area contributed by atoms with Gasteiger partial charge in [0.1, 0.15) is 11.6 Å². The van der Waals surface area contributed by atoms with Gasteiger partial charge in [-0.15, -0.1) is 0 Å². The van der Waals surface area contributed by atoms with Crippen LogP contribution in [0.4, 0.5) is 14.5 Å². The molecule has 0 atom stereocenters. The Morgan fingerprint density at radius 1 is 0.889 bits per heavy atom. The summed E-state index contributed by atoms with van der Waals surface area (Å²) in [4.78, 5) is 0. The molecule has 0 heterocycles. The zero-order valence-electron chi connectivity index (χ0n) is 9.18. The predicted molar refractivity (Wildman–Crippen MR) is 75.5 cm³/mol. The fraction of sp³-hybridized carbons (Fsp3) is 0.0769. The number of hydrogen-bond donors (Lipinski definition) is 1. The topological polar surface area (TPSA) is 12.0 Å². The van der Waals surface area contributed by atoms with E-state index >= 15 is 0 Å². The molecule has 0 fully saturated rings. The van der Waals surface area contributed by atoms with Crippen molar-refractivity contribution in [2.24, 2.45) is 0 Å². The summed E-state index contributed by atoms with van der Waals surface area (Å²) in [6.07, 6.45) is 0. The van der Waals surface area contributed by atoms with Gasteiger partial charge in [-0.25, -0.2) is 8.78 Å². The van der Waals surface area contributed by atoms with Gasteiger partial charge in [-0.3, -0.25) is 0 Å². The third-order valence-electron chi connectivity index (χ3n) is 2.41. The molecule has 1 N–H and O–H groups in total. The lowest BCUT2D eigenvalue weighted by Gasteiger charge is -2.09. The molecule has 2 rings (SSSR count). The summed E-state index contributed by atoms with van der Waals surface area (Å²) in [5.41, 5.74) is 0.823. The first-order valence-electron chi connectivity index (χ1n) is 5.19. The minimum atomic E-state index is -0.375. The van der Waals surface area contributed by atoms with Crippen LogP contribution in [0.25, 0.3) is 0 Å². The van der Waals surface area contributed by atoms with E-state index in [4.69, 9.17) is 0 Å². The van der Waals surface area contributed by atoms with Gasteiger partial charge in [-0.2, -0.15) is 0 Å². The minimum Gasteiger partial charge on any atom is -0.378 e. The van der Waals surface area contributed by atoms with Gasteiger partial charge in [-0.05, 0) is 36.4 Å². The summed E-state index contributed by atoms with van der Waals surface area (Å²) in [5.74, 6) is -0.692. The lowest BCUT2D eigenvalue weighted by atomic mass is 10.2. The average molecular weight is 377 g/mol. The Labute approximate surface area is 120 Å². The molecule has 0 aliphatic rings. The quantitative estimate of drug-likeness (QED) is 0.785. The van der Waals surface area contributed by atoms with Crippen molar-refractivity contribution in [2.75, 3.05) is 5.32 Å². The molecule has 0 saturated heterocycles. The fourth-order valence-electron chi connectivity index (χ4n) is 1.50. The van der Waals surface area contributed by atoms with Crippen molar-refractivity contribution in [3.63, 3.8) is 0 Å². The van der Waals surface area contributed by atoms with Crippen molar-refractivity contribution in [3.05, 3.63) is 62.5 Å². The number of rotatable bonds is 3. The van der Waals surface area contributed by atoms with E-state index in [2.05, 4.69) is 37.2 Å². The zero-order valence-corrected chi connectivity index (χ0v) is 12.4. The second kappa shape index (κ2) is 5.80. The second-order valence-corrected chi connectivity index (χ2v) is 5.54. The van der Waals surface area contributed by atoms with Crippen LogP contribution in [-0.2, 0) is 6.54 Å². The predicted octanol–water partition coefficient (Wildman–Crippen LogP) is 5.10. The first-order chi connectivity index (χ1) is 8.56. The van der Waals surface area contributed by atoms with Crippen molar-refractivity contribution < 1.29 is 8.78 Å². The van der Waals surface area contributed by atoms with Crippen LogP contribution in [0.2, 0.25) is 0 Å². The SMILES string of the molecule is Fc1ccc(Br)cc1CNc1ccc(Br)cc1F. The highest BCUT2D eigenvalue weighted by atomic mass is 79.9. The summed E-state index contributed by atoms with van der Waals surface area (Å²) in [6.45, 7) is 0.226. The van der Waals surface area contributed by atoms with E-state index in [0.717, 1.165) is 4.47 Å². The molecule has 0 radical (unpaired) electrons. The van der Waals surface area contributed by atoms with Crippen molar-refractivity contribution in [1.82, 2.24) is 0 Å². The molecular formula is C13H9Br2F2N. The van der Waals surface area contributed by atoms with Gasteiger partial charge in [-0.1, -0.05) is 31.9 Å². The molecule has 2 aromatic carbocycles. The summed E-state index contributed by atoms with van der Waals surface area (Å²) < 4.78 is 28.5. The van der Waals surface area contributed by atoms with Crippen LogP contribution in [0.3, 0.4) is 0 Å². The maximum Gasteiger partial charge on any atom is 0.147 e. The van der Waals surface area contributed by atoms with Crippen LogP contribution in [-0.4, -0.2) is 0 Å². The Kier molecular flexibility index (Phi) is 4.35. The Balaban J connectivity index is 2.13. The molecule has 1 nitrogen and oxygen atoms in total. The van der Waals surface area contributed by atoms with Crippen LogP contribution in [0.5, 0.6) is 0 Å². The van der Waals surface area contributed by atoms with E-state index in [1.807, 2.05) is 0 Å². The van der Waals surface area contributed by atoms with Crippen LogP contribution < -0.4 is 5.32 Å². The lowest BCUT2D eigenvalue weighted by Crippen LogP contribution is -2.03. The van der Waals surface area contributed by atoms with Crippen LogP contribution >= 0.6 is 31.9 Å². The third kappa shape index (κ3) is 3.29. The molecule has 0 amide bonds. The summed E-state index contributed by atoms with van der Waals surface area (Å²) in [5, 5.41) is 2.87. The number of benzene rings is 2. The van der Waals surface area contributed by atoms with E-state index in [-0.39, 0.29) is 18.2 Å². The number of hydrogen-bond acceptors (Lipinski definition) is 1. The van der Waals surface area contributed by atoms with Gasteiger partial charge in [0.05, 0.1) is 5.69 Å². The number of nitrogens with one attached hydrogen (secondary N) is 1. The van der Waals surface area contributed by atoms with Crippen LogP contribution in [0.1, 0.15) is 5.56 Å². The normalized spacial score (nSPS) is 10.4. The Morgan fingerprint density at radius 2 is 1.56 bits per heavy atom. The molecule has 0 aliphatic carbocycles.